The lowest BCUT2D eigenvalue weighted by Gasteiger charge is -2.19. The Hall–Kier alpha value is -3.42. The highest BCUT2D eigenvalue weighted by molar-refractivity contribution is 9.10. The summed E-state index contributed by atoms with van der Waals surface area (Å²) < 4.78 is 5.66. The SMILES string of the molecule is CCN(CC)Cc1ccc(NC(=C2C(=O)Nc3cc(Br)ccc32)c2ccc(CCC(=O)OC)cc2)cc1. The van der Waals surface area contributed by atoms with Crippen LogP contribution in [0.4, 0.5) is 11.4 Å². The average Bonchev–Trinajstić information content (AvgIpc) is 3.24. The Balaban J connectivity index is 1.69. The summed E-state index contributed by atoms with van der Waals surface area (Å²) in [5.41, 5.74) is 7.01. The molecule has 3 aromatic rings. The van der Waals surface area contributed by atoms with Crippen LogP contribution in [0.3, 0.4) is 0 Å². The summed E-state index contributed by atoms with van der Waals surface area (Å²) in [6, 6.07) is 22.1. The molecule has 6 nitrogen and oxygen atoms in total. The molecule has 0 unspecified atom stereocenters. The Morgan fingerprint density at radius 1 is 0.973 bits per heavy atom. The number of ether oxygens (including phenoxy) is 1. The predicted molar refractivity (Wildman–Crippen MR) is 153 cm³/mol. The Bertz CT molecular complexity index is 1300. The highest BCUT2D eigenvalue weighted by Gasteiger charge is 2.28. The van der Waals surface area contributed by atoms with Crippen molar-refractivity contribution in [2.24, 2.45) is 0 Å². The van der Waals surface area contributed by atoms with Gasteiger partial charge in [0.2, 0.25) is 0 Å². The van der Waals surface area contributed by atoms with Gasteiger partial charge in [0.05, 0.1) is 24.1 Å². The third-order valence-corrected chi connectivity index (χ3v) is 7.08. The number of nitrogens with zero attached hydrogens (tertiary/aromatic N) is 1. The van der Waals surface area contributed by atoms with Gasteiger partial charge in [-0.15, -0.1) is 0 Å². The number of nitrogens with one attached hydrogen (secondary N) is 2. The van der Waals surface area contributed by atoms with E-state index < -0.39 is 0 Å². The van der Waals surface area contributed by atoms with E-state index in [0.29, 0.717) is 18.4 Å². The van der Waals surface area contributed by atoms with E-state index in [1.165, 1.54) is 12.7 Å². The second-order valence-corrected chi connectivity index (χ2v) is 9.87. The van der Waals surface area contributed by atoms with Gasteiger partial charge in [-0.3, -0.25) is 14.5 Å². The summed E-state index contributed by atoms with van der Waals surface area (Å²) in [7, 11) is 1.40. The standard InChI is InChI=1S/C30H32BrN3O3/c1-4-34(5-2)19-21-8-14-24(15-9-21)32-29(22-11-6-20(7-12-22)10-17-27(35)37-3)28-25-16-13-23(31)18-26(25)33-30(28)36/h6-9,11-16,18,32H,4-5,10,17,19H2,1-3H3,(H,33,36). The van der Waals surface area contributed by atoms with Crippen molar-refractivity contribution in [3.8, 4) is 0 Å². The fourth-order valence-corrected chi connectivity index (χ4v) is 4.76. The molecule has 0 spiro atoms. The third-order valence-electron chi connectivity index (χ3n) is 6.59. The van der Waals surface area contributed by atoms with E-state index in [9.17, 15) is 9.59 Å². The van der Waals surface area contributed by atoms with E-state index in [1.807, 2.05) is 42.5 Å². The van der Waals surface area contributed by atoms with Crippen molar-refractivity contribution in [1.82, 2.24) is 4.90 Å². The van der Waals surface area contributed by atoms with Gasteiger partial charge in [0.1, 0.15) is 0 Å². The molecule has 192 valence electrons. The van der Waals surface area contributed by atoms with Crippen LogP contribution in [0.1, 0.15) is 42.5 Å². The first kappa shape index (κ1) is 26.6. The number of esters is 1. The molecule has 4 rings (SSSR count). The smallest absolute Gasteiger partial charge is 0.305 e. The van der Waals surface area contributed by atoms with Gasteiger partial charge in [-0.2, -0.15) is 0 Å². The molecule has 0 fully saturated rings. The van der Waals surface area contributed by atoms with E-state index in [2.05, 4.69) is 69.6 Å². The number of hydrogen-bond acceptors (Lipinski definition) is 5. The molecular weight excluding hydrogens is 530 g/mol. The first-order valence-corrected chi connectivity index (χ1v) is 13.3. The topological polar surface area (TPSA) is 70.7 Å². The van der Waals surface area contributed by atoms with E-state index in [0.717, 1.165) is 57.9 Å². The number of benzene rings is 3. The van der Waals surface area contributed by atoms with Crippen molar-refractivity contribution in [2.75, 3.05) is 30.8 Å². The molecule has 1 aliphatic heterocycles. The van der Waals surface area contributed by atoms with Gasteiger partial charge in [0.25, 0.3) is 5.91 Å². The number of hydrogen-bond donors (Lipinski definition) is 2. The minimum Gasteiger partial charge on any atom is -0.469 e. The lowest BCUT2D eigenvalue weighted by atomic mass is 9.98. The molecular formula is C30H32BrN3O3. The molecule has 0 saturated carbocycles. The first-order chi connectivity index (χ1) is 17.9. The molecule has 1 amide bonds. The van der Waals surface area contributed by atoms with Crippen LogP contribution in [0, 0.1) is 0 Å². The molecule has 0 saturated heterocycles. The normalized spacial score (nSPS) is 13.8. The highest BCUT2D eigenvalue weighted by Crippen LogP contribution is 2.39. The Morgan fingerprint density at radius 3 is 2.30 bits per heavy atom. The lowest BCUT2D eigenvalue weighted by Crippen LogP contribution is -2.22. The number of anilines is 2. The largest absolute Gasteiger partial charge is 0.469 e. The Kier molecular flexibility index (Phi) is 8.79. The Morgan fingerprint density at radius 2 is 1.65 bits per heavy atom. The fourth-order valence-electron chi connectivity index (χ4n) is 4.40. The van der Waals surface area contributed by atoms with Crippen LogP contribution in [-0.4, -0.2) is 37.0 Å². The predicted octanol–water partition coefficient (Wildman–Crippen LogP) is 6.33. The van der Waals surface area contributed by atoms with E-state index in [1.54, 1.807) is 0 Å². The van der Waals surface area contributed by atoms with Crippen LogP contribution < -0.4 is 10.6 Å². The number of amides is 1. The van der Waals surface area contributed by atoms with Crippen molar-refractivity contribution in [2.45, 2.75) is 33.2 Å². The number of carbonyl (C=O) groups excluding carboxylic acids is 2. The summed E-state index contributed by atoms with van der Waals surface area (Å²) >= 11 is 3.49. The summed E-state index contributed by atoms with van der Waals surface area (Å²) in [5.74, 6) is -0.382. The molecule has 2 N–H and O–H groups in total. The summed E-state index contributed by atoms with van der Waals surface area (Å²) in [4.78, 5) is 27.1. The second-order valence-electron chi connectivity index (χ2n) is 8.95. The molecule has 37 heavy (non-hydrogen) atoms. The number of carbonyl (C=O) groups is 2. The van der Waals surface area contributed by atoms with Crippen LogP contribution in [0.15, 0.2) is 71.2 Å². The fraction of sp³-hybridized carbons (Fsp3) is 0.267. The van der Waals surface area contributed by atoms with Crippen molar-refractivity contribution in [3.63, 3.8) is 0 Å². The highest BCUT2D eigenvalue weighted by atomic mass is 79.9. The van der Waals surface area contributed by atoms with Gasteiger partial charge >= 0.3 is 5.97 Å². The zero-order valence-electron chi connectivity index (χ0n) is 21.4. The molecule has 0 aliphatic carbocycles. The molecule has 7 heteroatoms. The number of methoxy groups -OCH3 is 1. The summed E-state index contributed by atoms with van der Waals surface area (Å²) in [6.07, 6.45) is 0.921. The van der Waals surface area contributed by atoms with Crippen LogP contribution in [0.5, 0.6) is 0 Å². The van der Waals surface area contributed by atoms with Gasteiger partial charge in [0.15, 0.2) is 0 Å². The zero-order valence-corrected chi connectivity index (χ0v) is 23.0. The van der Waals surface area contributed by atoms with Crippen LogP contribution in [0.25, 0.3) is 11.3 Å². The molecule has 1 heterocycles. The minimum absolute atomic E-state index is 0.150. The number of aryl methyl sites for hydroxylation is 1. The van der Waals surface area contributed by atoms with Gasteiger partial charge in [-0.25, -0.2) is 0 Å². The maximum absolute atomic E-state index is 13.2. The monoisotopic (exact) mass is 561 g/mol. The summed E-state index contributed by atoms with van der Waals surface area (Å²) in [5, 5.41) is 6.52. The first-order valence-electron chi connectivity index (χ1n) is 12.5. The molecule has 3 aromatic carbocycles. The minimum atomic E-state index is -0.233. The lowest BCUT2D eigenvalue weighted by molar-refractivity contribution is -0.140. The van der Waals surface area contributed by atoms with Crippen molar-refractivity contribution >= 4 is 50.5 Å². The molecule has 0 atom stereocenters. The van der Waals surface area contributed by atoms with Gasteiger partial charge < -0.3 is 15.4 Å². The van der Waals surface area contributed by atoms with E-state index in [-0.39, 0.29) is 11.9 Å². The van der Waals surface area contributed by atoms with E-state index in [4.69, 9.17) is 4.74 Å². The third kappa shape index (κ3) is 6.48. The quantitative estimate of drug-likeness (QED) is 0.223. The average molecular weight is 563 g/mol. The van der Waals surface area contributed by atoms with E-state index >= 15 is 0 Å². The maximum Gasteiger partial charge on any atom is 0.305 e. The molecule has 0 aromatic heterocycles. The number of rotatable bonds is 10. The van der Waals surface area contributed by atoms with Crippen LogP contribution >= 0.6 is 15.9 Å². The van der Waals surface area contributed by atoms with Gasteiger partial charge in [-0.05, 0) is 60.5 Å². The number of fused-ring (bicyclic) bond motifs is 1. The second kappa shape index (κ2) is 12.2. The maximum atomic E-state index is 13.2. The van der Waals surface area contributed by atoms with Crippen LogP contribution in [0.2, 0.25) is 0 Å². The molecule has 0 radical (unpaired) electrons. The zero-order chi connectivity index (χ0) is 26.4. The number of halogens is 1. The van der Waals surface area contributed by atoms with Crippen molar-refractivity contribution in [1.29, 1.82) is 0 Å². The molecule has 1 aliphatic rings. The van der Waals surface area contributed by atoms with Crippen LogP contribution in [-0.2, 0) is 27.3 Å². The van der Waals surface area contributed by atoms with Gasteiger partial charge in [-0.1, -0.05) is 72.2 Å². The molecule has 0 bridgehead atoms. The van der Waals surface area contributed by atoms with Crippen molar-refractivity contribution in [3.05, 3.63) is 93.5 Å². The summed E-state index contributed by atoms with van der Waals surface area (Å²) in [6.45, 7) is 7.25. The van der Waals surface area contributed by atoms with Crippen molar-refractivity contribution < 1.29 is 14.3 Å². The Labute approximate surface area is 226 Å². The van der Waals surface area contributed by atoms with Gasteiger partial charge in [0, 0.05) is 28.7 Å².